The van der Waals surface area contributed by atoms with Gasteiger partial charge in [-0.15, -0.1) is 0 Å². The summed E-state index contributed by atoms with van der Waals surface area (Å²) in [6.07, 6.45) is 0.469. The standard InChI is InChI=1S/C21H23Cl3N2O2/c1-3-19(21(28)25-4-2)26(13-14-8-5-6-9-16(14)22)20(27)12-15-17(23)10-7-11-18(15)24/h5-11,19H,3-4,12-13H2,1-2H3,(H,25,28). The van der Waals surface area contributed by atoms with Crippen LogP contribution in [0.25, 0.3) is 0 Å². The Morgan fingerprint density at radius 1 is 0.964 bits per heavy atom. The van der Waals surface area contributed by atoms with Crippen LogP contribution in [0.4, 0.5) is 0 Å². The Kier molecular flexibility index (Phi) is 8.61. The predicted octanol–water partition coefficient (Wildman–Crippen LogP) is 5.13. The molecule has 0 spiro atoms. The van der Waals surface area contributed by atoms with E-state index >= 15 is 0 Å². The zero-order valence-electron chi connectivity index (χ0n) is 15.8. The maximum atomic E-state index is 13.2. The summed E-state index contributed by atoms with van der Waals surface area (Å²) in [5.41, 5.74) is 1.32. The van der Waals surface area contributed by atoms with Gasteiger partial charge in [0.05, 0.1) is 6.42 Å². The van der Waals surface area contributed by atoms with Gasteiger partial charge in [0.2, 0.25) is 11.8 Å². The molecule has 0 saturated heterocycles. The highest BCUT2D eigenvalue weighted by Crippen LogP contribution is 2.27. The third-order valence-corrected chi connectivity index (χ3v) is 5.50. The van der Waals surface area contributed by atoms with Crippen LogP contribution < -0.4 is 5.32 Å². The lowest BCUT2D eigenvalue weighted by Gasteiger charge is -2.31. The molecular formula is C21H23Cl3N2O2. The molecule has 2 rings (SSSR count). The maximum Gasteiger partial charge on any atom is 0.242 e. The van der Waals surface area contributed by atoms with E-state index in [0.29, 0.717) is 33.6 Å². The van der Waals surface area contributed by atoms with E-state index in [0.717, 1.165) is 5.56 Å². The van der Waals surface area contributed by atoms with Gasteiger partial charge in [-0.2, -0.15) is 0 Å². The molecule has 0 aliphatic carbocycles. The number of rotatable bonds is 8. The van der Waals surface area contributed by atoms with Crippen molar-refractivity contribution in [3.05, 3.63) is 68.7 Å². The first-order valence-corrected chi connectivity index (χ1v) is 10.3. The van der Waals surface area contributed by atoms with Crippen molar-refractivity contribution in [1.29, 1.82) is 0 Å². The molecule has 0 fully saturated rings. The van der Waals surface area contributed by atoms with Crippen molar-refractivity contribution < 1.29 is 9.59 Å². The molecule has 4 nitrogen and oxygen atoms in total. The molecule has 0 aliphatic rings. The first-order valence-electron chi connectivity index (χ1n) is 9.12. The molecule has 0 heterocycles. The van der Waals surface area contributed by atoms with Crippen molar-refractivity contribution in [2.75, 3.05) is 6.54 Å². The van der Waals surface area contributed by atoms with Crippen LogP contribution in [0.5, 0.6) is 0 Å². The smallest absolute Gasteiger partial charge is 0.242 e. The van der Waals surface area contributed by atoms with Gasteiger partial charge >= 0.3 is 0 Å². The molecule has 150 valence electrons. The van der Waals surface area contributed by atoms with E-state index in [2.05, 4.69) is 5.32 Å². The van der Waals surface area contributed by atoms with Gasteiger partial charge in [-0.05, 0) is 42.7 Å². The number of carbonyl (C=O) groups is 2. The molecule has 0 aliphatic heterocycles. The molecule has 2 aromatic carbocycles. The van der Waals surface area contributed by atoms with Crippen molar-refractivity contribution >= 4 is 46.6 Å². The Balaban J connectivity index is 2.37. The van der Waals surface area contributed by atoms with Crippen LogP contribution in [-0.2, 0) is 22.6 Å². The number of benzene rings is 2. The fourth-order valence-electron chi connectivity index (χ4n) is 2.98. The quantitative estimate of drug-likeness (QED) is 0.617. The average molecular weight is 442 g/mol. The van der Waals surface area contributed by atoms with Gasteiger partial charge < -0.3 is 10.2 Å². The van der Waals surface area contributed by atoms with Crippen LogP contribution >= 0.6 is 34.8 Å². The zero-order valence-corrected chi connectivity index (χ0v) is 18.1. The van der Waals surface area contributed by atoms with E-state index in [1.165, 1.54) is 0 Å². The number of carbonyl (C=O) groups excluding carboxylic acids is 2. The molecule has 7 heteroatoms. The number of hydrogen-bond acceptors (Lipinski definition) is 2. The second-order valence-corrected chi connectivity index (χ2v) is 7.53. The summed E-state index contributed by atoms with van der Waals surface area (Å²) in [5.74, 6) is -0.441. The summed E-state index contributed by atoms with van der Waals surface area (Å²) < 4.78 is 0. The summed E-state index contributed by atoms with van der Waals surface area (Å²) in [6, 6.07) is 11.8. The topological polar surface area (TPSA) is 49.4 Å². The number of halogens is 3. The van der Waals surface area contributed by atoms with Crippen molar-refractivity contribution in [2.45, 2.75) is 39.3 Å². The van der Waals surface area contributed by atoms with Crippen LogP contribution in [0.2, 0.25) is 15.1 Å². The fourth-order valence-corrected chi connectivity index (χ4v) is 3.70. The minimum atomic E-state index is -0.620. The first kappa shape index (κ1) is 22.5. The number of amides is 2. The summed E-state index contributed by atoms with van der Waals surface area (Å²) in [7, 11) is 0. The van der Waals surface area contributed by atoms with Crippen molar-refractivity contribution in [3.63, 3.8) is 0 Å². The minimum absolute atomic E-state index is 0.00113. The van der Waals surface area contributed by atoms with Gasteiger partial charge in [-0.3, -0.25) is 9.59 Å². The van der Waals surface area contributed by atoms with Crippen LogP contribution in [-0.4, -0.2) is 29.3 Å². The lowest BCUT2D eigenvalue weighted by atomic mass is 10.1. The van der Waals surface area contributed by atoms with Gasteiger partial charge in [0, 0.05) is 28.2 Å². The van der Waals surface area contributed by atoms with Gasteiger partial charge in [-0.25, -0.2) is 0 Å². The molecule has 0 aromatic heterocycles. The van der Waals surface area contributed by atoms with Gasteiger partial charge in [-0.1, -0.05) is 66.0 Å². The fraction of sp³-hybridized carbons (Fsp3) is 0.333. The summed E-state index contributed by atoms with van der Waals surface area (Å²) in [6.45, 7) is 4.42. The average Bonchev–Trinajstić information content (AvgIpc) is 2.66. The Hall–Kier alpha value is -1.75. The van der Waals surface area contributed by atoms with E-state index in [4.69, 9.17) is 34.8 Å². The highest BCUT2D eigenvalue weighted by atomic mass is 35.5. The number of likely N-dealkylation sites (N-methyl/N-ethyl adjacent to an activating group) is 1. The van der Waals surface area contributed by atoms with Crippen LogP contribution in [0.15, 0.2) is 42.5 Å². The molecule has 0 radical (unpaired) electrons. The first-order chi connectivity index (χ1) is 13.4. The number of nitrogens with zero attached hydrogens (tertiary/aromatic N) is 1. The lowest BCUT2D eigenvalue weighted by molar-refractivity contribution is -0.140. The van der Waals surface area contributed by atoms with Gasteiger partial charge in [0.1, 0.15) is 6.04 Å². The molecule has 1 N–H and O–H groups in total. The largest absolute Gasteiger partial charge is 0.355 e. The van der Waals surface area contributed by atoms with E-state index in [1.54, 1.807) is 29.2 Å². The second-order valence-electron chi connectivity index (χ2n) is 6.31. The summed E-state index contributed by atoms with van der Waals surface area (Å²) in [5, 5.41) is 4.19. The normalized spacial score (nSPS) is 11.8. The number of nitrogens with one attached hydrogen (secondary N) is 1. The molecule has 0 saturated carbocycles. The van der Waals surface area contributed by atoms with Crippen molar-refractivity contribution in [2.24, 2.45) is 0 Å². The van der Waals surface area contributed by atoms with E-state index < -0.39 is 6.04 Å². The minimum Gasteiger partial charge on any atom is -0.355 e. The molecule has 1 unspecified atom stereocenters. The molecule has 1 atom stereocenters. The highest BCUT2D eigenvalue weighted by molar-refractivity contribution is 6.36. The third-order valence-electron chi connectivity index (χ3n) is 4.43. The summed E-state index contributed by atoms with van der Waals surface area (Å²) in [4.78, 5) is 27.4. The number of hydrogen-bond donors (Lipinski definition) is 1. The lowest BCUT2D eigenvalue weighted by Crippen LogP contribution is -2.49. The molecule has 2 amide bonds. The molecule has 28 heavy (non-hydrogen) atoms. The summed E-state index contributed by atoms with van der Waals surface area (Å²) >= 11 is 18.8. The van der Waals surface area contributed by atoms with Crippen LogP contribution in [0.1, 0.15) is 31.4 Å². The van der Waals surface area contributed by atoms with E-state index in [1.807, 2.05) is 32.0 Å². The van der Waals surface area contributed by atoms with E-state index in [-0.39, 0.29) is 24.8 Å². The molecular weight excluding hydrogens is 419 g/mol. The second kappa shape index (κ2) is 10.7. The Morgan fingerprint density at radius 2 is 1.57 bits per heavy atom. The predicted molar refractivity (Wildman–Crippen MR) is 115 cm³/mol. The van der Waals surface area contributed by atoms with Gasteiger partial charge in [0.25, 0.3) is 0 Å². The van der Waals surface area contributed by atoms with E-state index in [9.17, 15) is 9.59 Å². The third kappa shape index (κ3) is 5.63. The molecule has 0 bridgehead atoms. The van der Waals surface area contributed by atoms with Crippen LogP contribution in [0.3, 0.4) is 0 Å². The van der Waals surface area contributed by atoms with Gasteiger partial charge in [0.15, 0.2) is 0 Å². The molecule has 2 aromatic rings. The highest BCUT2D eigenvalue weighted by Gasteiger charge is 2.29. The van der Waals surface area contributed by atoms with Crippen LogP contribution in [0, 0.1) is 0 Å². The Labute approximate surface area is 180 Å². The Morgan fingerprint density at radius 3 is 2.14 bits per heavy atom. The van der Waals surface area contributed by atoms with Crippen molar-refractivity contribution in [1.82, 2.24) is 10.2 Å². The Bertz CT molecular complexity index is 822. The zero-order chi connectivity index (χ0) is 20.7. The monoisotopic (exact) mass is 440 g/mol. The SMILES string of the molecule is CCNC(=O)C(CC)N(Cc1ccccc1Cl)C(=O)Cc1c(Cl)cccc1Cl. The maximum absolute atomic E-state index is 13.2. The van der Waals surface area contributed by atoms with Crippen molar-refractivity contribution in [3.8, 4) is 0 Å².